The van der Waals surface area contributed by atoms with Crippen LogP contribution in [0.1, 0.15) is 29.8 Å². The molecule has 0 aliphatic carbocycles. The molecule has 154 valence electrons. The lowest BCUT2D eigenvalue weighted by Crippen LogP contribution is -2.34. The number of rotatable bonds is 9. The number of hydrogen-bond donors (Lipinski definition) is 1. The third kappa shape index (κ3) is 6.94. The Balaban J connectivity index is 1.93. The highest BCUT2D eigenvalue weighted by Gasteiger charge is 2.17. The fourth-order valence-electron chi connectivity index (χ4n) is 2.61. The van der Waals surface area contributed by atoms with E-state index in [1.807, 2.05) is 45.0 Å². The van der Waals surface area contributed by atoms with Crippen molar-refractivity contribution in [2.24, 2.45) is 0 Å². The maximum absolute atomic E-state index is 12.4. The standard InChI is InChI=1S/C22H26N2O4S/c1-4-24(5-2)21(26)14-28-22(27)18-8-6-7-9-19(18)29-15-20(25)23-17-12-10-16(3)11-13-17/h6-13H,4-5,14-15H2,1-3H3,(H,23,25). The smallest absolute Gasteiger partial charge is 0.339 e. The number of nitrogens with one attached hydrogen (secondary N) is 1. The lowest BCUT2D eigenvalue weighted by molar-refractivity contribution is -0.134. The molecule has 6 nitrogen and oxygen atoms in total. The summed E-state index contributed by atoms with van der Waals surface area (Å²) < 4.78 is 5.18. The molecular formula is C22H26N2O4S. The first kappa shape index (κ1) is 22.5. The normalized spacial score (nSPS) is 10.3. The zero-order chi connectivity index (χ0) is 21.2. The van der Waals surface area contributed by atoms with Gasteiger partial charge in [0.15, 0.2) is 6.61 Å². The second kappa shape index (κ2) is 11.3. The van der Waals surface area contributed by atoms with Crippen molar-refractivity contribution < 1.29 is 19.1 Å². The highest BCUT2D eigenvalue weighted by atomic mass is 32.2. The minimum absolute atomic E-state index is 0.149. The van der Waals surface area contributed by atoms with Crippen molar-refractivity contribution >= 4 is 35.2 Å². The Hall–Kier alpha value is -2.80. The summed E-state index contributed by atoms with van der Waals surface area (Å²) in [6, 6.07) is 14.4. The van der Waals surface area contributed by atoms with Crippen LogP contribution in [0.25, 0.3) is 0 Å². The predicted molar refractivity (Wildman–Crippen MR) is 115 cm³/mol. The van der Waals surface area contributed by atoms with Crippen molar-refractivity contribution in [3.05, 3.63) is 59.7 Å². The van der Waals surface area contributed by atoms with Gasteiger partial charge >= 0.3 is 5.97 Å². The van der Waals surface area contributed by atoms with E-state index in [9.17, 15) is 14.4 Å². The van der Waals surface area contributed by atoms with Gasteiger partial charge in [-0.1, -0.05) is 29.8 Å². The number of esters is 1. The molecule has 1 N–H and O–H groups in total. The number of aryl methyl sites for hydroxylation is 1. The number of likely N-dealkylation sites (N-methyl/N-ethyl adjacent to an activating group) is 1. The van der Waals surface area contributed by atoms with Crippen molar-refractivity contribution in [1.82, 2.24) is 4.90 Å². The van der Waals surface area contributed by atoms with Crippen LogP contribution in [0.3, 0.4) is 0 Å². The molecular weight excluding hydrogens is 388 g/mol. The van der Waals surface area contributed by atoms with Gasteiger partial charge in [-0.2, -0.15) is 0 Å². The molecule has 0 saturated carbocycles. The second-order valence-corrected chi connectivity index (χ2v) is 7.36. The molecule has 0 spiro atoms. The summed E-state index contributed by atoms with van der Waals surface area (Å²) in [6.07, 6.45) is 0. The number of carbonyl (C=O) groups is 3. The van der Waals surface area contributed by atoms with Crippen molar-refractivity contribution in [1.29, 1.82) is 0 Å². The van der Waals surface area contributed by atoms with Crippen LogP contribution in [-0.4, -0.2) is 48.1 Å². The summed E-state index contributed by atoms with van der Waals surface area (Å²) in [4.78, 5) is 38.9. The number of anilines is 1. The Morgan fingerprint density at radius 1 is 1.00 bits per heavy atom. The third-order valence-corrected chi connectivity index (χ3v) is 5.32. The van der Waals surface area contributed by atoms with Gasteiger partial charge in [0.1, 0.15) is 0 Å². The Bertz CT molecular complexity index is 848. The summed E-state index contributed by atoms with van der Waals surface area (Å²) >= 11 is 1.25. The van der Waals surface area contributed by atoms with E-state index in [0.29, 0.717) is 23.5 Å². The molecule has 0 saturated heterocycles. The van der Waals surface area contributed by atoms with Crippen molar-refractivity contribution in [3.8, 4) is 0 Å². The molecule has 29 heavy (non-hydrogen) atoms. The number of amides is 2. The van der Waals surface area contributed by atoms with Crippen LogP contribution in [0.2, 0.25) is 0 Å². The lowest BCUT2D eigenvalue weighted by atomic mass is 10.2. The molecule has 0 radical (unpaired) electrons. The van der Waals surface area contributed by atoms with E-state index < -0.39 is 5.97 Å². The van der Waals surface area contributed by atoms with Gasteiger partial charge in [-0.25, -0.2) is 4.79 Å². The molecule has 0 aromatic heterocycles. The van der Waals surface area contributed by atoms with Crippen LogP contribution in [0.5, 0.6) is 0 Å². The van der Waals surface area contributed by atoms with Gasteiger partial charge in [0, 0.05) is 23.7 Å². The first-order valence-corrected chi connectivity index (χ1v) is 10.5. The molecule has 0 atom stereocenters. The molecule has 2 aromatic carbocycles. The Morgan fingerprint density at radius 3 is 2.31 bits per heavy atom. The molecule has 7 heteroatoms. The van der Waals surface area contributed by atoms with Gasteiger partial charge in [0.05, 0.1) is 11.3 Å². The number of thioether (sulfide) groups is 1. The van der Waals surface area contributed by atoms with Crippen LogP contribution in [0.15, 0.2) is 53.4 Å². The minimum atomic E-state index is -0.576. The fraction of sp³-hybridized carbons (Fsp3) is 0.318. The van der Waals surface area contributed by atoms with E-state index in [4.69, 9.17) is 4.74 Å². The number of benzene rings is 2. The van der Waals surface area contributed by atoms with Gasteiger partial charge in [-0.15, -0.1) is 11.8 Å². The fourth-order valence-corrected chi connectivity index (χ4v) is 3.45. The van der Waals surface area contributed by atoms with Crippen LogP contribution < -0.4 is 5.32 Å². The molecule has 0 fully saturated rings. The van der Waals surface area contributed by atoms with Crippen LogP contribution in [0.4, 0.5) is 5.69 Å². The summed E-state index contributed by atoms with van der Waals surface area (Å²) in [5, 5.41) is 2.83. The van der Waals surface area contributed by atoms with Crippen LogP contribution in [-0.2, 0) is 14.3 Å². The molecule has 0 aliphatic rings. The van der Waals surface area contributed by atoms with E-state index in [1.54, 1.807) is 29.2 Å². The summed E-state index contributed by atoms with van der Waals surface area (Å²) in [5.41, 5.74) is 2.18. The predicted octanol–water partition coefficient (Wildman–Crippen LogP) is 3.75. The lowest BCUT2D eigenvalue weighted by Gasteiger charge is -2.18. The topological polar surface area (TPSA) is 75.7 Å². The summed E-state index contributed by atoms with van der Waals surface area (Å²) in [6.45, 7) is 6.55. The minimum Gasteiger partial charge on any atom is -0.452 e. The SMILES string of the molecule is CCN(CC)C(=O)COC(=O)c1ccccc1SCC(=O)Nc1ccc(C)cc1. The average molecular weight is 415 g/mol. The van der Waals surface area contributed by atoms with Crippen molar-refractivity contribution in [2.75, 3.05) is 30.8 Å². The van der Waals surface area contributed by atoms with Gasteiger partial charge in [-0.05, 0) is 45.0 Å². The number of nitrogens with zero attached hydrogens (tertiary/aromatic N) is 1. The molecule has 0 heterocycles. The molecule has 0 unspecified atom stereocenters. The number of carbonyl (C=O) groups excluding carboxylic acids is 3. The maximum Gasteiger partial charge on any atom is 0.339 e. The number of hydrogen-bond acceptors (Lipinski definition) is 5. The third-order valence-electron chi connectivity index (χ3n) is 4.24. The van der Waals surface area contributed by atoms with Crippen molar-refractivity contribution in [3.63, 3.8) is 0 Å². The Labute approximate surface area is 175 Å². The van der Waals surface area contributed by atoms with E-state index in [-0.39, 0.29) is 24.2 Å². The second-order valence-electron chi connectivity index (χ2n) is 6.34. The highest BCUT2D eigenvalue weighted by Crippen LogP contribution is 2.23. The molecule has 0 bridgehead atoms. The van der Waals surface area contributed by atoms with E-state index in [2.05, 4.69) is 5.32 Å². The molecule has 2 rings (SSSR count). The first-order valence-electron chi connectivity index (χ1n) is 9.47. The van der Waals surface area contributed by atoms with E-state index >= 15 is 0 Å². The molecule has 2 aromatic rings. The van der Waals surface area contributed by atoms with Crippen LogP contribution >= 0.6 is 11.8 Å². The van der Waals surface area contributed by atoms with Crippen LogP contribution in [0, 0.1) is 6.92 Å². The largest absolute Gasteiger partial charge is 0.452 e. The Morgan fingerprint density at radius 2 is 1.66 bits per heavy atom. The van der Waals surface area contributed by atoms with Gasteiger partial charge < -0.3 is 15.0 Å². The molecule has 2 amide bonds. The zero-order valence-electron chi connectivity index (χ0n) is 16.9. The molecule has 0 aliphatic heterocycles. The van der Waals surface area contributed by atoms with E-state index in [0.717, 1.165) is 11.3 Å². The van der Waals surface area contributed by atoms with Gasteiger partial charge in [0.25, 0.3) is 5.91 Å². The maximum atomic E-state index is 12.4. The van der Waals surface area contributed by atoms with Gasteiger partial charge in [0.2, 0.25) is 5.91 Å². The number of ether oxygens (including phenoxy) is 1. The average Bonchev–Trinajstić information content (AvgIpc) is 2.73. The highest BCUT2D eigenvalue weighted by molar-refractivity contribution is 8.00. The van der Waals surface area contributed by atoms with Gasteiger partial charge in [-0.3, -0.25) is 9.59 Å². The zero-order valence-corrected chi connectivity index (χ0v) is 17.8. The first-order chi connectivity index (χ1) is 13.9. The summed E-state index contributed by atoms with van der Waals surface area (Å²) in [5.74, 6) is -0.825. The Kier molecular flexibility index (Phi) is 8.73. The summed E-state index contributed by atoms with van der Waals surface area (Å²) in [7, 11) is 0. The quantitative estimate of drug-likeness (QED) is 0.500. The van der Waals surface area contributed by atoms with E-state index in [1.165, 1.54) is 11.8 Å². The van der Waals surface area contributed by atoms with Crippen molar-refractivity contribution in [2.45, 2.75) is 25.7 Å². The monoisotopic (exact) mass is 414 g/mol.